The van der Waals surface area contributed by atoms with Gasteiger partial charge in [-0.25, -0.2) is 0 Å². The van der Waals surface area contributed by atoms with E-state index in [0.717, 1.165) is 0 Å². The van der Waals surface area contributed by atoms with Crippen LogP contribution in [0.1, 0.15) is 0 Å². The number of nitrogens with zero attached hydrogens (tertiary/aromatic N) is 1. The minimum atomic E-state index is 0.181. The Morgan fingerprint density at radius 1 is 1.71 bits per heavy atom. The Bertz CT molecular complexity index is 72.1. The van der Waals surface area contributed by atoms with Crippen molar-refractivity contribution >= 4 is 23.6 Å². The molecule has 0 heterocycles. The summed E-state index contributed by atoms with van der Waals surface area (Å²) in [6.07, 6.45) is 0. The van der Waals surface area contributed by atoms with E-state index in [0.29, 0.717) is 5.09 Å². The summed E-state index contributed by atoms with van der Waals surface area (Å²) in [7, 11) is 3.51. The first-order chi connectivity index (χ1) is 3.18. The molecule has 2 nitrogen and oxygen atoms in total. The fourth-order valence-electron chi connectivity index (χ4n) is 0.316. The summed E-state index contributed by atoms with van der Waals surface area (Å²) in [5, 5.41) is 0.604. The van der Waals surface area contributed by atoms with Crippen LogP contribution in [0.4, 0.5) is 0 Å². The van der Waals surface area contributed by atoms with E-state index in [-0.39, 0.29) is 5.91 Å². The molecule has 0 fully saturated rings. The molecule has 0 atom stereocenters. The predicted molar refractivity (Wildman–Crippen MR) is 29.3 cm³/mol. The van der Waals surface area contributed by atoms with E-state index in [1.807, 2.05) is 17.7 Å². The third-order valence-corrected chi connectivity index (χ3v) is 0.801. The van der Waals surface area contributed by atoms with Crippen LogP contribution >= 0.6 is 0 Å². The van der Waals surface area contributed by atoms with E-state index >= 15 is 0 Å². The van der Waals surface area contributed by atoms with Crippen molar-refractivity contribution in [3.63, 3.8) is 0 Å². The fourth-order valence-corrected chi connectivity index (χ4v) is 0.316. The second kappa shape index (κ2) is 3.12. The van der Waals surface area contributed by atoms with E-state index in [2.05, 4.69) is 0 Å². The second-order valence-electron chi connectivity index (χ2n) is 1.64. The molecule has 0 rings (SSSR count). The topological polar surface area (TPSA) is 20.3 Å². The Morgan fingerprint density at radius 2 is 2.14 bits per heavy atom. The summed E-state index contributed by atoms with van der Waals surface area (Å²) in [6, 6.07) is 0. The standard InChI is InChI=1S/C4H8NO.Li/c1-4(6)5(2)3;/h1H2,2-3H3;. The van der Waals surface area contributed by atoms with Gasteiger partial charge in [-0.05, 0) is 0 Å². The Labute approximate surface area is 53.1 Å². The molecule has 0 aromatic rings. The molecule has 0 aromatic carbocycles. The third kappa shape index (κ3) is 2.73. The van der Waals surface area contributed by atoms with Crippen molar-refractivity contribution in [2.75, 3.05) is 14.1 Å². The molecule has 0 radical (unpaired) electrons. The number of carbonyl (C=O) groups is 1. The molecule has 0 spiro atoms. The Kier molecular flexibility index (Phi) is 3.15. The van der Waals surface area contributed by atoms with Gasteiger partial charge >= 0.3 is 52.5 Å². The van der Waals surface area contributed by atoms with Gasteiger partial charge in [0.25, 0.3) is 0 Å². The fraction of sp³-hybridized carbons (Fsp3) is 0.750. The van der Waals surface area contributed by atoms with Crippen LogP contribution < -0.4 is 0 Å². The van der Waals surface area contributed by atoms with E-state index in [1.165, 1.54) is 0 Å². The van der Waals surface area contributed by atoms with E-state index in [9.17, 15) is 4.79 Å². The van der Waals surface area contributed by atoms with Gasteiger partial charge in [-0.2, -0.15) is 0 Å². The van der Waals surface area contributed by atoms with Gasteiger partial charge in [-0.1, -0.05) is 0 Å². The molecule has 0 aromatic heterocycles. The molecule has 1 amide bonds. The minimum absolute atomic E-state index is 0.181. The van der Waals surface area contributed by atoms with Gasteiger partial charge in [-0.15, -0.1) is 0 Å². The van der Waals surface area contributed by atoms with Crippen molar-refractivity contribution in [1.29, 1.82) is 0 Å². The zero-order valence-electron chi connectivity index (χ0n) is 5.06. The molecule has 36 valence electrons. The number of carbonyl (C=O) groups excluding carboxylic acids is 1. The molecule has 0 saturated carbocycles. The molecular weight excluding hydrogens is 85.0 g/mol. The van der Waals surface area contributed by atoms with Crippen LogP contribution in [-0.2, 0) is 4.79 Å². The van der Waals surface area contributed by atoms with Crippen LogP contribution in [-0.4, -0.2) is 42.6 Å². The van der Waals surface area contributed by atoms with Gasteiger partial charge in [0.2, 0.25) is 0 Å². The van der Waals surface area contributed by atoms with Crippen molar-refractivity contribution in [2.24, 2.45) is 0 Å². The average molecular weight is 93.1 g/mol. The van der Waals surface area contributed by atoms with Gasteiger partial charge in [0.05, 0.1) is 0 Å². The van der Waals surface area contributed by atoms with Crippen molar-refractivity contribution in [2.45, 2.75) is 5.09 Å². The van der Waals surface area contributed by atoms with Crippen LogP contribution in [0.2, 0.25) is 5.09 Å². The summed E-state index contributed by atoms with van der Waals surface area (Å²) >= 11 is 1.85. The van der Waals surface area contributed by atoms with Crippen LogP contribution in [0.5, 0.6) is 0 Å². The molecule has 0 aliphatic rings. The summed E-state index contributed by atoms with van der Waals surface area (Å²) in [4.78, 5) is 12.0. The van der Waals surface area contributed by atoms with Crippen molar-refractivity contribution in [3.05, 3.63) is 0 Å². The Hall–Kier alpha value is 0.0674. The first-order valence-electron chi connectivity index (χ1n) is 2.38. The SMILES string of the molecule is [Li][CH2]C(=O)N(C)C. The summed E-state index contributed by atoms with van der Waals surface area (Å²) < 4.78 is 0. The van der Waals surface area contributed by atoms with Gasteiger partial charge in [0.15, 0.2) is 0 Å². The zero-order chi connectivity index (χ0) is 5.86. The Balaban J connectivity index is 3.35. The molecule has 0 saturated heterocycles. The molecule has 0 bridgehead atoms. The van der Waals surface area contributed by atoms with Crippen molar-refractivity contribution in [1.82, 2.24) is 4.90 Å². The maximum atomic E-state index is 10.4. The Morgan fingerprint density at radius 3 is 2.14 bits per heavy atom. The zero-order valence-corrected chi connectivity index (χ0v) is 5.06. The van der Waals surface area contributed by atoms with Gasteiger partial charge in [-0.3, -0.25) is 0 Å². The molecule has 3 heteroatoms. The average Bonchev–Trinajstić information content (AvgIpc) is 1.65. The van der Waals surface area contributed by atoms with E-state index in [1.54, 1.807) is 19.0 Å². The summed E-state index contributed by atoms with van der Waals surface area (Å²) in [6.45, 7) is 0. The number of hydrogen-bond acceptors (Lipinski definition) is 1. The normalized spacial score (nSPS) is 8.57. The van der Waals surface area contributed by atoms with Crippen molar-refractivity contribution in [3.8, 4) is 0 Å². The maximum absolute atomic E-state index is 10.4. The quantitative estimate of drug-likeness (QED) is 0.406. The van der Waals surface area contributed by atoms with Gasteiger partial charge < -0.3 is 0 Å². The van der Waals surface area contributed by atoms with Crippen LogP contribution in [0.25, 0.3) is 0 Å². The molecule has 0 N–H and O–H groups in total. The first-order valence-corrected chi connectivity index (χ1v) is 2.38. The van der Waals surface area contributed by atoms with Crippen molar-refractivity contribution < 1.29 is 4.79 Å². The predicted octanol–water partition coefficient (Wildman–Crippen LogP) is -0.339. The monoisotopic (exact) mass is 93.1 g/mol. The molecular formula is C4H8LiNO. The van der Waals surface area contributed by atoms with Gasteiger partial charge in [0, 0.05) is 0 Å². The molecule has 7 heavy (non-hydrogen) atoms. The molecule has 0 unspecified atom stereocenters. The van der Waals surface area contributed by atoms with Crippen LogP contribution in [0.3, 0.4) is 0 Å². The van der Waals surface area contributed by atoms with E-state index in [4.69, 9.17) is 0 Å². The van der Waals surface area contributed by atoms with E-state index < -0.39 is 0 Å². The van der Waals surface area contributed by atoms with Crippen LogP contribution in [0.15, 0.2) is 0 Å². The number of rotatable bonds is 1. The molecule has 0 aliphatic carbocycles. The number of hydrogen-bond donors (Lipinski definition) is 0. The number of amides is 1. The summed E-state index contributed by atoms with van der Waals surface area (Å²) in [5.41, 5.74) is 0. The third-order valence-electron chi connectivity index (χ3n) is 0.801. The van der Waals surface area contributed by atoms with Gasteiger partial charge in [0.1, 0.15) is 0 Å². The summed E-state index contributed by atoms with van der Waals surface area (Å²) in [5.74, 6) is 0.181. The van der Waals surface area contributed by atoms with Crippen LogP contribution in [0, 0.1) is 0 Å². The first kappa shape index (κ1) is 7.07. The second-order valence-corrected chi connectivity index (χ2v) is 1.64. The molecule has 0 aliphatic heterocycles.